The summed E-state index contributed by atoms with van der Waals surface area (Å²) in [6.45, 7) is 10.7. The summed E-state index contributed by atoms with van der Waals surface area (Å²) in [5.74, 6) is 1.95. The Morgan fingerprint density at radius 2 is 1.77 bits per heavy atom. The van der Waals surface area contributed by atoms with Crippen LogP contribution in [0.4, 0.5) is 0 Å². The summed E-state index contributed by atoms with van der Waals surface area (Å²) in [4.78, 5) is 12.2. The molecule has 0 saturated heterocycles. The van der Waals surface area contributed by atoms with Crippen molar-refractivity contribution in [1.29, 1.82) is 0 Å². The molecular weight excluding hydrogens is 410 g/mol. The molecule has 0 radical (unpaired) electrons. The number of fused-ring (bicyclic) bond motifs is 2. The molecule has 3 rings (SSSR count). The predicted octanol–water partition coefficient (Wildman–Crippen LogP) is 6.88. The fourth-order valence-corrected chi connectivity index (χ4v) is 4.35. The van der Waals surface area contributed by atoms with Crippen molar-refractivity contribution in [2.75, 3.05) is 6.54 Å². The lowest BCUT2D eigenvalue weighted by Crippen LogP contribution is -2.41. The van der Waals surface area contributed by atoms with Gasteiger partial charge in [0.15, 0.2) is 6.23 Å². The first kappa shape index (κ1) is 23.6. The average Bonchev–Trinajstić information content (AvgIpc) is 2.85. The van der Waals surface area contributed by atoms with Crippen LogP contribution in [0.25, 0.3) is 0 Å². The van der Waals surface area contributed by atoms with E-state index in [1.807, 2.05) is 44.2 Å². The van der Waals surface area contributed by atoms with Gasteiger partial charge in [-0.25, -0.2) is 0 Å². The summed E-state index contributed by atoms with van der Waals surface area (Å²) >= 11 is 6.40. The second kappa shape index (κ2) is 10.5. The first-order valence-corrected chi connectivity index (χ1v) is 11.7. The molecule has 1 aliphatic rings. The molecule has 4 nitrogen and oxygen atoms in total. The van der Waals surface area contributed by atoms with Crippen molar-refractivity contribution in [3.8, 4) is 11.5 Å². The van der Waals surface area contributed by atoms with Gasteiger partial charge in [-0.2, -0.15) is 0 Å². The third-order valence-corrected chi connectivity index (χ3v) is 6.09. The maximum atomic E-state index is 12.2. The molecule has 5 heteroatoms. The second-order valence-corrected chi connectivity index (χ2v) is 9.42. The van der Waals surface area contributed by atoms with Gasteiger partial charge >= 0.3 is 5.97 Å². The van der Waals surface area contributed by atoms with Crippen molar-refractivity contribution in [2.45, 2.75) is 65.5 Å². The largest absolute Gasteiger partial charge is 0.457 e. The molecule has 0 amide bonds. The van der Waals surface area contributed by atoms with E-state index in [9.17, 15) is 4.79 Å². The molecule has 3 atom stereocenters. The highest BCUT2D eigenvalue weighted by molar-refractivity contribution is 6.30. The van der Waals surface area contributed by atoms with Crippen LogP contribution in [0.1, 0.15) is 70.4 Å². The van der Waals surface area contributed by atoms with Crippen LogP contribution in [0.15, 0.2) is 42.5 Å². The highest BCUT2D eigenvalue weighted by Crippen LogP contribution is 2.48. The van der Waals surface area contributed by atoms with Gasteiger partial charge in [0.1, 0.15) is 11.5 Å². The third kappa shape index (κ3) is 5.61. The molecule has 3 unspecified atom stereocenters. The third-order valence-electron chi connectivity index (χ3n) is 5.85. The van der Waals surface area contributed by atoms with E-state index in [0.29, 0.717) is 11.6 Å². The molecular formula is C26H34ClNO3. The van der Waals surface area contributed by atoms with Gasteiger partial charge in [0.05, 0.1) is 5.92 Å². The molecule has 1 heterocycles. The molecule has 31 heavy (non-hydrogen) atoms. The number of esters is 1. The Balaban J connectivity index is 1.96. The van der Waals surface area contributed by atoms with E-state index in [0.717, 1.165) is 29.9 Å². The van der Waals surface area contributed by atoms with Crippen LogP contribution in [0.5, 0.6) is 11.5 Å². The van der Waals surface area contributed by atoms with Crippen molar-refractivity contribution in [1.82, 2.24) is 5.32 Å². The van der Waals surface area contributed by atoms with E-state index < -0.39 is 0 Å². The summed E-state index contributed by atoms with van der Waals surface area (Å²) < 4.78 is 12.1. The van der Waals surface area contributed by atoms with Crippen LogP contribution < -0.4 is 10.1 Å². The van der Waals surface area contributed by atoms with Crippen LogP contribution in [0.3, 0.4) is 0 Å². The number of ether oxygens (including phenoxy) is 2. The highest BCUT2D eigenvalue weighted by atomic mass is 35.5. The van der Waals surface area contributed by atoms with Crippen molar-refractivity contribution >= 4 is 17.6 Å². The lowest BCUT2D eigenvalue weighted by Gasteiger charge is -2.30. The summed E-state index contributed by atoms with van der Waals surface area (Å²) in [5, 5.41) is 4.23. The Hall–Kier alpha value is -2.04. The lowest BCUT2D eigenvalue weighted by molar-refractivity contribution is -0.157. The number of halogens is 1. The molecule has 0 aromatic heterocycles. The molecule has 0 fully saturated rings. The molecule has 1 aliphatic heterocycles. The summed E-state index contributed by atoms with van der Waals surface area (Å²) in [6.07, 6.45) is 1.73. The van der Waals surface area contributed by atoms with Crippen molar-refractivity contribution in [3.05, 3.63) is 58.6 Å². The number of benzene rings is 2. The number of para-hydroxylation sites is 1. The molecule has 1 N–H and O–H groups in total. The molecule has 2 aromatic carbocycles. The van der Waals surface area contributed by atoms with Gasteiger partial charge in [-0.15, -0.1) is 0 Å². The minimum absolute atomic E-state index is 0.135. The van der Waals surface area contributed by atoms with Gasteiger partial charge in [-0.1, -0.05) is 70.8 Å². The maximum absolute atomic E-state index is 12.2. The Bertz CT molecular complexity index is 896. The van der Waals surface area contributed by atoms with Crippen molar-refractivity contribution in [2.24, 2.45) is 11.8 Å². The van der Waals surface area contributed by atoms with E-state index in [4.69, 9.17) is 21.1 Å². The molecule has 0 saturated carbocycles. The van der Waals surface area contributed by atoms with Crippen LogP contribution in [-0.4, -0.2) is 18.7 Å². The normalized spacial score (nSPS) is 18.7. The standard InChI is InChI=1S/C26H34ClNO3/c1-6-9-19-20-10-7-8-11-23(20)30-24-13-12-18(27)14-21(24)22(19)15-28-25(16(2)3)31-26(29)17(4)5/h7-8,10-14,16-17,19,22,25,28H,6,9,15H2,1-5H3. The van der Waals surface area contributed by atoms with Crippen molar-refractivity contribution < 1.29 is 14.3 Å². The molecule has 0 spiro atoms. The van der Waals surface area contributed by atoms with Gasteiger partial charge in [0, 0.05) is 29.0 Å². The van der Waals surface area contributed by atoms with Crippen molar-refractivity contribution in [3.63, 3.8) is 0 Å². The smallest absolute Gasteiger partial charge is 0.309 e. The number of hydrogen-bond acceptors (Lipinski definition) is 4. The highest BCUT2D eigenvalue weighted by Gasteiger charge is 2.33. The summed E-state index contributed by atoms with van der Waals surface area (Å²) in [6, 6.07) is 14.1. The molecule has 0 aliphatic carbocycles. The Morgan fingerprint density at radius 1 is 1.06 bits per heavy atom. The van der Waals surface area contributed by atoms with E-state index in [-0.39, 0.29) is 35.9 Å². The zero-order valence-corrected chi connectivity index (χ0v) is 19.9. The number of carbonyl (C=O) groups is 1. The minimum atomic E-state index is -0.348. The van der Waals surface area contributed by atoms with E-state index >= 15 is 0 Å². The fraction of sp³-hybridized carbons (Fsp3) is 0.500. The Morgan fingerprint density at radius 3 is 2.45 bits per heavy atom. The zero-order chi connectivity index (χ0) is 22.5. The summed E-state index contributed by atoms with van der Waals surface area (Å²) in [7, 11) is 0. The molecule has 168 valence electrons. The van der Waals surface area contributed by atoms with Crippen LogP contribution in [0, 0.1) is 11.8 Å². The second-order valence-electron chi connectivity index (χ2n) is 8.99. The quantitative estimate of drug-likeness (QED) is 0.356. The lowest BCUT2D eigenvalue weighted by atomic mass is 9.78. The summed E-state index contributed by atoms with van der Waals surface area (Å²) in [5.41, 5.74) is 2.30. The monoisotopic (exact) mass is 443 g/mol. The Kier molecular flexibility index (Phi) is 8.01. The first-order chi connectivity index (χ1) is 14.8. The van der Waals surface area contributed by atoms with E-state index in [1.165, 1.54) is 5.56 Å². The Labute approximate surface area is 191 Å². The maximum Gasteiger partial charge on any atom is 0.309 e. The van der Waals surface area contributed by atoms with E-state index in [1.54, 1.807) is 0 Å². The van der Waals surface area contributed by atoms with Gasteiger partial charge < -0.3 is 9.47 Å². The van der Waals surface area contributed by atoms with Crippen LogP contribution >= 0.6 is 11.6 Å². The first-order valence-electron chi connectivity index (χ1n) is 11.3. The zero-order valence-electron chi connectivity index (χ0n) is 19.2. The fourth-order valence-electron chi connectivity index (χ4n) is 4.17. The SMILES string of the molecule is CCCC1c2ccccc2Oc2ccc(Cl)cc2C1CNC(OC(=O)C(C)C)C(C)C. The number of nitrogens with one attached hydrogen (secondary N) is 1. The minimum Gasteiger partial charge on any atom is -0.457 e. The number of rotatable bonds is 8. The van der Waals surface area contributed by atoms with Gasteiger partial charge in [-0.05, 0) is 42.2 Å². The van der Waals surface area contributed by atoms with E-state index in [2.05, 4.69) is 38.2 Å². The van der Waals surface area contributed by atoms with Gasteiger partial charge in [0.2, 0.25) is 0 Å². The predicted molar refractivity (Wildman–Crippen MR) is 126 cm³/mol. The number of carbonyl (C=O) groups excluding carboxylic acids is 1. The topological polar surface area (TPSA) is 47.6 Å². The van der Waals surface area contributed by atoms with Gasteiger partial charge in [0.25, 0.3) is 0 Å². The average molecular weight is 444 g/mol. The molecule has 2 aromatic rings. The number of hydrogen-bond donors (Lipinski definition) is 1. The van der Waals surface area contributed by atoms with Crippen LogP contribution in [-0.2, 0) is 9.53 Å². The van der Waals surface area contributed by atoms with Crippen LogP contribution in [0.2, 0.25) is 5.02 Å². The van der Waals surface area contributed by atoms with Gasteiger partial charge in [-0.3, -0.25) is 10.1 Å². The molecule has 0 bridgehead atoms.